The highest BCUT2D eigenvalue weighted by atomic mass is 16.2. The van der Waals surface area contributed by atoms with Crippen molar-refractivity contribution >= 4 is 5.91 Å². The van der Waals surface area contributed by atoms with Crippen LogP contribution in [0.15, 0.2) is 0 Å². The highest BCUT2D eigenvalue weighted by Gasteiger charge is 2.19. The van der Waals surface area contributed by atoms with E-state index in [0.29, 0.717) is 11.8 Å². The van der Waals surface area contributed by atoms with Gasteiger partial charge in [-0.25, -0.2) is 0 Å². The number of carbonyl (C=O) groups is 1. The lowest BCUT2D eigenvalue weighted by molar-refractivity contribution is -0.123. The van der Waals surface area contributed by atoms with Crippen molar-refractivity contribution < 1.29 is 4.79 Å². The molecule has 0 saturated carbocycles. The second kappa shape index (κ2) is 6.83. The average Bonchev–Trinajstić information content (AvgIpc) is 2.22. The molecule has 0 rings (SSSR count). The zero-order valence-electron chi connectivity index (χ0n) is 10.7. The molecule has 2 unspecified atom stereocenters. The van der Waals surface area contributed by atoms with Crippen LogP contribution in [0.5, 0.6) is 0 Å². The fourth-order valence-corrected chi connectivity index (χ4v) is 1.13. The van der Waals surface area contributed by atoms with E-state index >= 15 is 0 Å². The Morgan fingerprint density at radius 2 is 1.73 bits per heavy atom. The Kier molecular flexibility index (Phi) is 6.57. The van der Waals surface area contributed by atoms with Gasteiger partial charge in [-0.1, -0.05) is 41.0 Å². The van der Waals surface area contributed by atoms with Crippen molar-refractivity contribution in [2.45, 2.75) is 47.1 Å². The number of carbonyl (C=O) groups excluding carboxylic acids is 1. The second-order valence-corrected chi connectivity index (χ2v) is 4.88. The molecular formula is C12H26N2O. The van der Waals surface area contributed by atoms with Gasteiger partial charge in [0.25, 0.3) is 0 Å². The topological polar surface area (TPSA) is 55.1 Å². The minimum atomic E-state index is -0.366. The Hall–Kier alpha value is -0.570. The van der Waals surface area contributed by atoms with Crippen LogP contribution in [0.3, 0.4) is 0 Å². The lowest BCUT2D eigenvalue weighted by Crippen LogP contribution is -2.46. The molecule has 0 saturated heterocycles. The Bertz CT molecular complexity index is 192. The zero-order chi connectivity index (χ0) is 12.0. The number of amides is 1. The Morgan fingerprint density at radius 3 is 2.13 bits per heavy atom. The summed E-state index contributed by atoms with van der Waals surface area (Å²) in [6, 6.07) is -0.366. The Balaban J connectivity index is 3.93. The molecule has 3 heteroatoms. The van der Waals surface area contributed by atoms with Gasteiger partial charge in [0.2, 0.25) is 5.91 Å². The van der Waals surface area contributed by atoms with E-state index in [0.717, 1.165) is 13.0 Å². The van der Waals surface area contributed by atoms with Crippen molar-refractivity contribution in [3.05, 3.63) is 0 Å². The van der Waals surface area contributed by atoms with Gasteiger partial charge in [0.15, 0.2) is 0 Å². The minimum absolute atomic E-state index is 0.0168. The molecule has 0 aromatic carbocycles. The van der Waals surface area contributed by atoms with Crippen molar-refractivity contribution in [2.75, 3.05) is 6.54 Å². The van der Waals surface area contributed by atoms with Crippen LogP contribution in [-0.2, 0) is 4.79 Å². The summed E-state index contributed by atoms with van der Waals surface area (Å²) in [6.45, 7) is 11.2. The summed E-state index contributed by atoms with van der Waals surface area (Å²) >= 11 is 0. The maximum atomic E-state index is 11.6. The van der Waals surface area contributed by atoms with Crippen LogP contribution in [0, 0.1) is 17.8 Å². The highest BCUT2D eigenvalue weighted by Crippen LogP contribution is 2.09. The first kappa shape index (κ1) is 14.4. The third kappa shape index (κ3) is 5.17. The summed E-state index contributed by atoms with van der Waals surface area (Å²) in [4.78, 5) is 11.6. The average molecular weight is 214 g/mol. The maximum Gasteiger partial charge on any atom is 0.237 e. The molecule has 0 aliphatic carbocycles. The first-order valence-corrected chi connectivity index (χ1v) is 5.93. The van der Waals surface area contributed by atoms with Crippen molar-refractivity contribution in [3.63, 3.8) is 0 Å². The van der Waals surface area contributed by atoms with Crippen LogP contribution in [0.25, 0.3) is 0 Å². The van der Waals surface area contributed by atoms with Crippen molar-refractivity contribution in [1.29, 1.82) is 0 Å². The lowest BCUT2D eigenvalue weighted by Gasteiger charge is -2.21. The Morgan fingerprint density at radius 1 is 1.20 bits per heavy atom. The molecule has 0 heterocycles. The van der Waals surface area contributed by atoms with Crippen LogP contribution in [-0.4, -0.2) is 18.5 Å². The third-order valence-corrected chi connectivity index (χ3v) is 3.30. The quantitative estimate of drug-likeness (QED) is 0.708. The lowest BCUT2D eigenvalue weighted by atomic mass is 9.96. The smallest absolute Gasteiger partial charge is 0.237 e. The molecule has 90 valence electrons. The summed E-state index contributed by atoms with van der Waals surface area (Å²) in [5, 5.41) is 2.91. The van der Waals surface area contributed by atoms with Crippen LogP contribution < -0.4 is 11.1 Å². The van der Waals surface area contributed by atoms with E-state index in [-0.39, 0.29) is 17.9 Å². The fourth-order valence-electron chi connectivity index (χ4n) is 1.13. The molecule has 0 bridgehead atoms. The summed E-state index contributed by atoms with van der Waals surface area (Å²) in [7, 11) is 0. The van der Waals surface area contributed by atoms with Crippen LogP contribution >= 0.6 is 0 Å². The molecule has 0 aliphatic heterocycles. The largest absolute Gasteiger partial charge is 0.354 e. The molecule has 0 aromatic rings. The van der Waals surface area contributed by atoms with Crippen molar-refractivity contribution in [2.24, 2.45) is 23.5 Å². The van der Waals surface area contributed by atoms with Crippen molar-refractivity contribution in [1.82, 2.24) is 5.32 Å². The van der Waals surface area contributed by atoms with E-state index in [4.69, 9.17) is 5.73 Å². The summed E-state index contributed by atoms with van der Waals surface area (Å²) in [6.07, 6.45) is 0.939. The number of hydrogen-bond donors (Lipinski definition) is 2. The normalized spacial score (nSPS) is 17.3. The number of hydrogen-bond acceptors (Lipinski definition) is 2. The third-order valence-electron chi connectivity index (χ3n) is 3.30. The first-order valence-electron chi connectivity index (χ1n) is 5.93. The monoisotopic (exact) mass is 214 g/mol. The van der Waals surface area contributed by atoms with E-state index in [9.17, 15) is 4.79 Å². The number of nitrogens with one attached hydrogen (secondary N) is 1. The first-order chi connectivity index (χ1) is 6.90. The van der Waals surface area contributed by atoms with Gasteiger partial charge in [0.05, 0.1) is 6.04 Å². The van der Waals surface area contributed by atoms with Gasteiger partial charge in [-0.2, -0.15) is 0 Å². The van der Waals surface area contributed by atoms with Crippen LogP contribution in [0.1, 0.15) is 41.0 Å². The molecule has 3 atom stereocenters. The molecule has 1 amide bonds. The molecule has 0 aliphatic rings. The molecule has 0 fully saturated rings. The van der Waals surface area contributed by atoms with E-state index < -0.39 is 0 Å². The van der Waals surface area contributed by atoms with Gasteiger partial charge in [0.1, 0.15) is 0 Å². The SMILES string of the molecule is CCC(C)[C@H](N)C(=O)NCC(C)C(C)C. The summed E-state index contributed by atoms with van der Waals surface area (Å²) < 4.78 is 0. The van der Waals surface area contributed by atoms with Gasteiger partial charge in [0, 0.05) is 6.54 Å². The molecule has 3 N–H and O–H groups in total. The van der Waals surface area contributed by atoms with Gasteiger partial charge in [-0.15, -0.1) is 0 Å². The van der Waals surface area contributed by atoms with Crippen molar-refractivity contribution in [3.8, 4) is 0 Å². The number of rotatable bonds is 6. The molecule has 15 heavy (non-hydrogen) atoms. The molecule has 0 radical (unpaired) electrons. The van der Waals surface area contributed by atoms with Gasteiger partial charge < -0.3 is 11.1 Å². The predicted octanol–water partition coefficient (Wildman–Crippen LogP) is 1.77. The summed E-state index contributed by atoms with van der Waals surface area (Å²) in [5.41, 5.74) is 5.82. The minimum Gasteiger partial charge on any atom is -0.354 e. The summed E-state index contributed by atoms with van der Waals surface area (Å²) in [5.74, 6) is 1.32. The maximum absolute atomic E-state index is 11.6. The predicted molar refractivity (Wildman–Crippen MR) is 64.4 cm³/mol. The standard InChI is InChI=1S/C12H26N2O/c1-6-9(4)11(13)12(15)14-7-10(5)8(2)3/h8-11H,6-7,13H2,1-5H3,(H,14,15)/t9?,10?,11-/m0/s1. The van der Waals surface area contributed by atoms with E-state index in [1.54, 1.807) is 0 Å². The van der Waals surface area contributed by atoms with Crippen LogP contribution in [0.2, 0.25) is 0 Å². The van der Waals surface area contributed by atoms with E-state index in [1.807, 2.05) is 6.92 Å². The van der Waals surface area contributed by atoms with Gasteiger partial charge >= 0.3 is 0 Å². The molecular weight excluding hydrogens is 188 g/mol. The number of nitrogens with two attached hydrogens (primary N) is 1. The Labute approximate surface area is 93.8 Å². The van der Waals surface area contributed by atoms with E-state index in [1.165, 1.54) is 0 Å². The molecule has 0 spiro atoms. The van der Waals surface area contributed by atoms with Crippen LogP contribution in [0.4, 0.5) is 0 Å². The van der Waals surface area contributed by atoms with Gasteiger partial charge in [-0.3, -0.25) is 4.79 Å². The molecule has 3 nitrogen and oxygen atoms in total. The van der Waals surface area contributed by atoms with Gasteiger partial charge in [-0.05, 0) is 17.8 Å². The second-order valence-electron chi connectivity index (χ2n) is 4.88. The van der Waals surface area contributed by atoms with E-state index in [2.05, 4.69) is 33.0 Å². The highest BCUT2D eigenvalue weighted by molar-refractivity contribution is 5.81. The fraction of sp³-hybridized carbons (Fsp3) is 0.917. The molecule has 0 aromatic heterocycles. The zero-order valence-corrected chi connectivity index (χ0v) is 10.7.